The van der Waals surface area contributed by atoms with E-state index >= 15 is 0 Å². The second kappa shape index (κ2) is 9.06. The van der Waals surface area contributed by atoms with Gasteiger partial charge in [-0.25, -0.2) is 4.98 Å². The summed E-state index contributed by atoms with van der Waals surface area (Å²) in [7, 11) is 0. The zero-order chi connectivity index (χ0) is 22.0. The fourth-order valence-electron chi connectivity index (χ4n) is 4.31. The fourth-order valence-corrected chi connectivity index (χ4v) is 5.32. The van der Waals surface area contributed by atoms with Crippen LogP contribution in [0.3, 0.4) is 0 Å². The second-order valence-electron chi connectivity index (χ2n) is 8.64. The third-order valence-corrected chi connectivity index (χ3v) is 6.87. The summed E-state index contributed by atoms with van der Waals surface area (Å²) in [5, 5.41) is 15.3. The Bertz CT molecular complexity index is 1140. The molecule has 0 bridgehead atoms. The summed E-state index contributed by atoms with van der Waals surface area (Å²) in [6.45, 7) is 4.05. The molecule has 1 aromatic carbocycles. The molecule has 1 aliphatic rings. The molecule has 2 heterocycles. The molecule has 2 N–H and O–H groups in total. The molecule has 2 aromatic heterocycles. The maximum Gasteiger partial charge on any atom is 0.271 e. The molecule has 1 aliphatic carbocycles. The molecule has 2 amide bonds. The van der Waals surface area contributed by atoms with Gasteiger partial charge in [-0.15, -0.1) is 0 Å². The van der Waals surface area contributed by atoms with Crippen LogP contribution in [-0.4, -0.2) is 33.3 Å². The molecule has 31 heavy (non-hydrogen) atoms. The van der Waals surface area contributed by atoms with Gasteiger partial charge in [-0.1, -0.05) is 50.2 Å². The van der Waals surface area contributed by atoms with Crippen LogP contribution >= 0.6 is 11.3 Å². The molecule has 0 saturated heterocycles. The minimum absolute atomic E-state index is 0.144. The SMILES string of the molecule is CC(C)C[C@@H](C#N)NC(=O)[C@@H]1CCCC[C@@H]1NC(=O)c1cn2c(n1)sc1ccccc12. The lowest BCUT2D eigenvalue weighted by atomic mass is 9.83. The molecule has 4 rings (SSSR count). The van der Waals surface area contributed by atoms with Gasteiger partial charge >= 0.3 is 0 Å². The highest BCUT2D eigenvalue weighted by atomic mass is 32.1. The van der Waals surface area contributed by atoms with E-state index in [4.69, 9.17) is 0 Å². The first-order chi connectivity index (χ1) is 15.0. The first kappa shape index (κ1) is 21.3. The number of hydrogen-bond donors (Lipinski definition) is 2. The number of amides is 2. The summed E-state index contributed by atoms with van der Waals surface area (Å²) in [4.78, 5) is 31.1. The van der Waals surface area contributed by atoms with Crippen LogP contribution in [0.5, 0.6) is 0 Å². The predicted octanol–water partition coefficient (Wildman–Crippen LogP) is 3.89. The van der Waals surface area contributed by atoms with E-state index in [0.717, 1.165) is 34.4 Å². The van der Waals surface area contributed by atoms with E-state index in [1.807, 2.05) is 42.5 Å². The smallest absolute Gasteiger partial charge is 0.271 e. The molecular weight excluding hydrogens is 410 g/mol. The van der Waals surface area contributed by atoms with Crippen molar-refractivity contribution in [2.24, 2.45) is 11.8 Å². The molecule has 1 fully saturated rings. The summed E-state index contributed by atoms with van der Waals surface area (Å²) < 4.78 is 3.05. The van der Waals surface area contributed by atoms with Gasteiger partial charge in [0.2, 0.25) is 5.91 Å². The Morgan fingerprint density at radius 1 is 1.29 bits per heavy atom. The number of thiazole rings is 1. The van der Waals surface area contributed by atoms with Gasteiger partial charge in [-0.3, -0.25) is 14.0 Å². The van der Waals surface area contributed by atoms with Crippen LogP contribution in [0.25, 0.3) is 15.2 Å². The molecule has 7 nitrogen and oxygen atoms in total. The summed E-state index contributed by atoms with van der Waals surface area (Å²) in [5.41, 5.74) is 1.38. The van der Waals surface area contributed by atoms with Crippen molar-refractivity contribution in [3.05, 3.63) is 36.2 Å². The van der Waals surface area contributed by atoms with E-state index in [1.165, 1.54) is 0 Å². The Morgan fingerprint density at radius 2 is 2.06 bits per heavy atom. The van der Waals surface area contributed by atoms with Gasteiger partial charge in [-0.05, 0) is 37.3 Å². The summed E-state index contributed by atoms with van der Waals surface area (Å²) in [6, 6.07) is 9.42. The Labute approximate surface area is 185 Å². The number of para-hydroxylation sites is 1. The monoisotopic (exact) mass is 437 g/mol. The van der Waals surface area contributed by atoms with Gasteiger partial charge in [-0.2, -0.15) is 5.26 Å². The zero-order valence-corrected chi connectivity index (χ0v) is 18.6. The Hall–Kier alpha value is -2.92. The predicted molar refractivity (Wildman–Crippen MR) is 121 cm³/mol. The lowest BCUT2D eigenvalue weighted by molar-refractivity contribution is -0.127. The van der Waals surface area contributed by atoms with E-state index in [1.54, 1.807) is 17.5 Å². The van der Waals surface area contributed by atoms with Crippen molar-refractivity contribution >= 4 is 38.3 Å². The first-order valence-corrected chi connectivity index (χ1v) is 11.7. The summed E-state index contributed by atoms with van der Waals surface area (Å²) in [5.74, 6) is -0.416. The molecule has 0 aliphatic heterocycles. The van der Waals surface area contributed by atoms with Crippen LogP contribution in [0.1, 0.15) is 56.4 Å². The molecule has 1 saturated carbocycles. The summed E-state index contributed by atoms with van der Waals surface area (Å²) in [6.07, 6.45) is 5.74. The number of nitrogens with zero attached hydrogens (tertiary/aromatic N) is 3. The van der Waals surface area contributed by atoms with Crippen molar-refractivity contribution in [2.75, 3.05) is 0 Å². The standard InChI is InChI=1S/C23H27N5O2S/c1-14(2)11-15(12-24)25-21(29)16-7-3-4-8-17(16)26-22(30)18-13-28-19-9-5-6-10-20(19)31-23(28)27-18/h5-6,9-10,13-17H,3-4,7-8,11H2,1-2H3,(H,25,29)(H,26,30)/t15-,16+,17-/m0/s1. The number of nitrogens with one attached hydrogen (secondary N) is 2. The number of nitriles is 1. The number of aromatic nitrogens is 2. The van der Waals surface area contributed by atoms with Gasteiger partial charge in [0.05, 0.1) is 22.2 Å². The topological polar surface area (TPSA) is 99.3 Å². The van der Waals surface area contributed by atoms with E-state index in [2.05, 4.69) is 21.7 Å². The number of carbonyl (C=O) groups excluding carboxylic acids is 2. The Kier molecular flexibility index (Phi) is 6.23. The number of benzene rings is 1. The normalized spacial score (nSPS) is 19.9. The number of fused-ring (bicyclic) bond motifs is 3. The average Bonchev–Trinajstić information content (AvgIpc) is 3.31. The van der Waals surface area contributed by atoms with Crippen molar-refractivity contribution in [2.45, 2.75) is 58.0 Å². The minimum atomic E-state index is -0.501. The summed E-state index contributed by atoms with van der Waals surface area (Å²) >= 11 is 1.54. The fraction of sp³-hybridized carbons (Fsp3) is 0.478. The highest BCUT2D eigenvalue weighted by molar-refractivity contribution is 7.23. The zero-order valence-electron chi connectivity index (χ0n) is 17.8. The van der Waals surface area contributed by atoms with Crippen LogP contribution in [0, 0.1) is 23.2 Å². The Morgan fingerprint density at radius 3 is 2.84 bits per heavy atom. The van der Waals surface area contributed by atoms with E-state index in [0.29, 0.717) is 24.5 Å². The van der Waals surface area contributed by atoms with Gasteiger partial charge in [0, 0.05) is 12.2 Å². The molecule has 3 atom stereocenters. The van der Waals surface area contributed by atoms with Crippen LogP contribution in [0.15, 0.2) is 30.5 Å². The van der Waals surface area contributed by atoms with Gasteiger partial charge in [0.1, 0.15) is 11.7 Å². The maximum atomic E-state index is 12.9. The highest BCUT2D eigenvalue weighted by Gasteiger charge is 2.33. The third kappa shape index (κ3) is 4.57. The molecule has 0 spiro atoms. The van der Waals surface area contributed by atoms with Crippen molar-refractivity contribution in [3.63, 3.8) is 0 Å². The van der Waals surface area contributed by atoms with Gasteiger partial charge in [0.15, 0.2) is 4.96 Å². The Balaban J connectivity index is 1.47. The third-order valence-electron chi connectivity index (χ3n) is 5.83. The quantitative estimate of drug-likeness (QED) is 0.611. The minimum Gasteiger partial charge on any atom is -0.347 e. The molecule has 8 heteroatoms. The number of hydrogen-bond acceptors (Lipinski definition) is 5. The van der Waals surface area contributed by atoms with Crippen molar-refractivity contribution < 1.29 is 9.59 Å². The van der Waals surface area contributed by atoms with Crippen LogP contribution in [0.2, 0.25) is 0 Å². The first-order valence-electron chi connectivity index (χ1n) is 10.8. The lowest BCUT2D eigenvalue weighted by Crippen LogP contribution is -2.50. The van der Waals surface area contributed by atoms with E-state index in [-0.39, 0.29) is 23.8 Å². The molecule has 162 valence electrons. The number of rotatable bonds is 6. The number of imidazole rings is 1. The second-order valence-corrected chi connectivity index (χ2v) is 9.65. The van der Waals surface area contributed by atoms with Gasteiger partial charge in [0.25, 0.3) is 5.91 Å². The number of carbonyl (C=O) groups is 2. The highest BCUT2D eigenvalue weighted by Crippen LogP contribution is 2.27. The van der Waals surface area contributed by atoms with Crippen LogP contribution in [-0.2, 0) is 4.79 Å². The molecule has 0 unspecified atom stereocenters. The maximum absolute atomic E-state index is 12.9. The van der Waals surface area contributed by atoms with E-state index < -0.39 is 6.04 Å². The van der Waals surface area contributed by atoms with Crippen molar-refractivity contribution in [1.82, 2.24) is 20.0 Å². The van der Waals surface area contributed by atoms with Crippen LogP contribution in [0.4, 0.5) is 0 Å². The lowest BCUT2D eigenvalue weighted by Gasteiger charge is -2.31. The molecule has 3 aromatic rings. The molecule has 0 radical (unpaired) electrons. The molecular formula is C23H27N5O2S. The average molecular weight is 438 g/mol. The van der Waals surface area contributed by atoms with Crippen molar-refractivity contribution in [3.8, 4) is 6.07 Å². The largest absolute Gasteiger partial charge is 0.347 e. The van der Waals surface area contributed by atoms with E-state index in [9.17, 15) is 14.9 Å². The van der Waals surface area contributed by atoms with Gasteiger partial charge < -0.3 is 10.6 Å². The van der Waals surface area contributed by atoms with Crippen LogP contribution < -0.4 is 10.6 Å². The van der Waals surface area contributed by atoms with Crippen molar-refractivity contribution in [1.29, 1.82) is 5.26 Å².